The van der Waals surface area contributed by atoms with Gasteiger partial charge in [-0.25, -0.2) is 0 Å². The van der Waals surface area contributed by atoms with Crippen molar-refractivity contribution in [3.8, 4) is 0 Å². The summed E-state index contributed by atoms with van der Waals surface area (Å²) in [6, 6.07) is -0.477. The molecule has 10 atom stereocenters. The number of ketones is 1. The largest absolute Gasteiger partial charge is 0.461 e. The molecular formula is C33H54N2O5S. The van der Waals surface area contributed by atoms with Crippen molar-refractivity contribution < 1.29 is 24.2 Å². The molecule has 3 N–H and O–H groups in total. The highest BCUT2D eigenvalue weighted by Gasteiger charge is 2.68. The highest BCUT2D eigenvalue weighted by molar-refractivity contribution is 8.00. The SMILES string of the molecule is C=C[C@]1(C)C[C@@H](OC(=O)CSC2CCCN(C(=O)C(N)C(C)C)CC2)[C@@]2(C)C3C(=O)CC[C@@]3(CC[C@H]2C)[C@@H](C)[C@@H]1O. The van der Waals surface area contributed by atoms with Gasteiger partial charge in [-0.15, -0.1) is 18.3 Å². The Morgan fingerprint density at radius 2 is 1.90 bits per heavy atom. The predicted molar refractivity (Wildman–Crippen MR) is 164 cm³/mol. The van der Waals surface area contributed by atoms with E-state index in [1.165, 1.54) is 0 Å². The Hall–Kier alpha value is -1.38. The second-order valence-electron chi connectivity index (χ2n) is 14.5. The van der Waals surface area contributed by atoms with Crippen molar-refractivity contribution in [1.82, 2.24) is 4.90 Å². The third-order valence-electron chi connectivity index (χ3n) is 12.0. The van der Waals surface area contributed by atoms with Crippen molar-refractivity contribution in [2.24, 2.45) is 45.7 Å². The van der Waals surface area contributed by atoms with Gasteiger partial charge < -0.3 is 20.5 Å². The van der Waals surface area contributed by atoms with Crippen LogP contribution >= 0.6 is 11.8 Å². The van der Waals surface area contributed by atoms with Crippen molar-refractivity contribution in [2.45, 2.75) is 116 Å². The Morgan fingerprint density at radius 1 is 1.20 bits per heavy atom. The van der Waals surface area contributed by atoms with Gasteiger partial charge in [0.2, 0.25) is 5.91 Å². The van der Waals surface area contributed by atoms with Gasteiger partial charge in [0.1, 0.15) is 11.9 Å². The van der Waals surface area contributed by atoms with Crippen LogP contribution in [-0.4, -0.2) is 70.0 Å². The van der Waals surface area contributed by atoms with E-state index in [2.05, 4.69) is 27.4 Å². The summed E-state index contributed by atoms with van der Waals surface area (Å²) in [7, 11) is 0. The molecule has 1 amide bonds. The van der Waals surface area contributed by atoms with Gasteiger partial charge in [0.25, 0.3) is 0 Å². The van der Waals surface area contributed by atoms with Crippen LogP contribution in [0.2, 0.25) is 0 Å². The van der Waals surface area contributed by atoms with E-state index >= 15 is 0 Å². The Balaban J connectivity index is 1.49. The van der Waals surface area contributed by atoms with Gasteiger partial charge in [0.05, 0.1) is 17.9 Å². The summed E-state index contributed by atoms with van der Waals surface area (Å²) < 4.78 is 6.41. The van der Waals surface area contributed by atoms with Crippen LogP contribution < -0.4 is 5.73 Å². The fourth-order valence-corrected chi connectivity index (χ4v) is 9.87. The molecule has 0 aromatic carbocycles. The van der Waals surface area contributed by atoms with Gasteiger partial charge in [-0.2, -0.15) is 0 Å². The summed E-state index contributed by atoms with van der Waals surface area (Å²) in [6.45, 7) is 17.9. The molecule has 2 bridgehead atoms. The number of nitrogens with zero attached hydrogens (tertiary/aromatic N) is 1. The fourth-order valence-electron chi connectivity index (χ4n) is 8.83. The van der Waals surface area contributed by atoms with E-state index < -0.39 is 29.1 Å². The zero-order valence-corrected chi connectivity index (χ0v) is 27.0. The normalized spacial score (nSPS) is 42.1. The molecular weight excluding hydrogens is 536 g/mol. The number of nitrogens with two attached hydrogens (primary N) is 1. The number of Topliss-reactive ketones (excluding diaryl/α,β-unsaturated/α-hetero) is 1. The number of ether oxygens (including phenoxy) is 1. The number of carbonyl (C=O) groups is 3. The van der Waals surface area contributed by atoms with Gasteiger partial charge in [-0.3, -0.25) is 14.4 Å². The second kappa shape index (κ2) is 12.3. The van der Waals surface area contributed by atoms with E-state index in [-0.39, 0.29) is 57.7 Å². The number of carbonyl (C=O) groups excluding carboxylic acids is 3. The van der Waals surface area contributed by atoms with Crippen LogP contribution in [0.4, 0.5) is 0 Å². The minimum atomic E-state index is -0.664. The summed E-state index contributed by atoms with van der Waals surface area (Å²) in [6.07, 6.45) is 7.01. The smallest absolute Gasteiger partial charge is 0.316 e. The Bertz CT molecular complexity index is 1020. The molecule has 4 aliphatic rings. The summed E-state index contributed by atoms with van der Waals surface area (Å²) in [5.74, 6) is 0.316. The quantitative estimate of drug-likeness (QED) is 0.318. The molecule has 41 heavy (non-hydrogen) atoms. The molecule has 3 unspecified atom stereocenters. The lowest BCUT2D eigenvalue weighted by molar-refractivity contribution is -0.205. The molecule has 4 rings (SSSR count). The van der Waals surface area contributed by atoms with Crippen LogP contribution in [0, 0.1) is 39.9 Å². The van der Waals surface area contributed by atoms with Crippen molar-refractivity contribution in [1.29, 1.82) is 0 Å². The number of hydrogen-bond acceptors (Lipinski definition) is 7. The molecule has 0 radical (unpaired) electrons. The Labute approximate surface area is 251 Å². The van der Waals surface area contributed by atoms with E-state index in [4.69, 9.17) is 10.5 Å². The molecule has 232 valence electrons. The molecule has 4 fully saturated rings. The zero-order valence-electron chi connectivity index (χ0n) is 26.2. The summed E-state index contributed by atoms with van der Waals surface area (Å²) in [5.41, 5.74) is 4.72. The molecule has 0 aromatic heterocycles. The second-order valence-corrected chi connectivity index (χ2v) is 15.8. The molecule has 0 spiro atoms. The van der Waals surface area contributed by atoms with Crippen molar-refractivity contribution >= 4 is 29.4 Å². The molecule has 1 aliphatic heterocycles. The van der Waals surface area contributed by atoms with Gasteiger partial charge >= 0.3 is 5.97 Å². The molecule has 8 heteroatoms. The maximum Gasteiger partial charge on any atom is 0.316 e. The standard InChI is InChI=1S/C33H54N2O5S/c1-8-31(6)18-25(32(7)21(4)11-14-33(22(5)29(31)38)15-12-24(36)28(32)33)40-26(37)19-41-23-10-9-16-35(17-13-23)30(39)27(34)20(2)3/h8,20-23,25,27-29,38H,1,9-19,34H2,2-7H3/t21-,22+,23?,25-,27?,28?,29+,31-,32+,33+/m1/s1. The van der Waals surface area contributed by atoms with Crippen LogP contribution in [0.1, 0.15) is 92.9 Å². The first-order valence-corrected chi connectivity index (χ1v) is 17.0. The molecule has 1 saturated heterocycles. The average molecular weight is 591 g/mol. The fraction of sp³-hybridized carbons (Fsp3) is 0.848. The van der Waals surface area contributed by atoms with E-state index in [1.54, 1.807) is 11.8 Å². The maximum absolute atomic E-state index is 13.6. The molecule has 7 nitrogen and oxygen atoms in total. The average Bonchev–Trinajstić information content (AvgIpc) is 3.13. The van der Waals surface area contributed by atoms with Gasteiger partial charge in [0, 0.05) is 41.5 Å². The minimum Gasteiger partial charge on any atom is -0.461 e. The molecule has 0 aromatic rings. The van der Waals surface area contributed by atoms with Crippen LogP contribution in [0.25, 0.3) is 0 Å². The number of hydrogen-bond donors (Lipinski definition) is 2. The van der Waals surface area contributed by atoms with E-state index in [1.807, 2.05) is 31.7 Å². The lowest BCUT2D eigenvalue weighted by atomic mass is 9.44. The Kier molecular flexibility index (Phi) is 9.77. The van der Waals surface area contributed by atoms with Crippen LogP contribution in [0.15, 0.2) is 12.7 Å². The van der Waals surface area contributed by atoms with Crippen molar-refractivity contribution in [3.63, 3.8) is 0 Å². The van der Waals surface area contributed by atoms with E-state index in [9.17, 15) is 19.5 Å². The van der Waals surface area contributed by atoms with Crippen molar-refractivity contribution in [2.75, 3.05) is 18.8 Å². The number of rotatable bonds is 7. The van der Waals surface area contributed by atoms with E-state index in [0.717, 1.165) is 38.5 Å². The van der Waals surface area contributed by atoms with Gasteiger partial charge in [-0.1, -0.05) is 47.6 Å². The van der Waals surface area contributed by atoms with Gasteiger partial charge in [-0.05, 0) is 68.1 Å². The number of amides is 1. The summed E-state index contributed by atoms with van der Waals surface area (Å²) in [5, 5.41) is 12.0. The summed E-state index contributed by atoms with van der Waals surface area (Å²) in [4.78, 5) is 41.7. The molecule has 3 aliphatic carbocycles. The number of esters is 1. The lowest BCUT2D eigenvalue weighted by Crippen LogP contribution is -2.63. The summed E-state index contributed by atoms with van der Waals surface area (Å²) >= 11 is 1.61. The first-order valence-electron chi connectivity index (χ1n) is 15.9. The first kappa shape index (κ1) is 32.5. The Morgan fingerprint density at radius 3 is 2.56 bits per heavy atom. The highest BCUT2D eigenvalue weighted by Crippen LogP contribution is 2.68. The topological polar surface area (TPSA) is 110 Å². The number of likely N-dealkylation sites (tertiary alicyclic amines) is 1. The zero-order chi connectivity index (χ0) is 30.3. The third kappa shape index (κ3) is 5.78. The highest BCUT2D eigenvalue weighted by atomic mass is 32.2. The third-order valence-corrected chi connectivity index (χ3v) is 13.3. The molecule has 1 heterocycles. The predicted octanol–water partition coefficient (Wildman–Crippen LogP) is 4.99. The monoisotopic (exact) mass is 590 g/mol. The van der Waals surface area contributed by atoms with Crippen LogP contribution in [-0.2, 0) is 19.1 Å². The van der Waals surface area contributed by atoms with Crippen LogP contribution in [0.5, 0.6) is 0 Å². The number of aliphatic hydroxyl groups excluding tert-OH is 1. The minimum absolute atomic E-state index is 0.0171. The van der Waals surface area contributed by atoms with Crippen molar-refractivity contribution in [3.05, 3.63) is 12.7 Å². The van der Waals surface area contributed by atoms with E-state index in [0.29, 0.717) is 25.9 Å². The maximum atomic E-state index is 13.6. The van der Waals surface area contributed by atoms with Crippen LogP contribution in [0.3, 0.4) is 0 Å². The first-order chi connectivity index (χ1) is 19.2. The number of aliphatic hydroxyl groups is 1. The van der Waals surface area contributed by atoms with Gasteiger partial charge in [0.15, 0.2) is 0 Å². The molecule has 3 saturated carbocycles. The lowest BCUT2D eigenvalue weighted by Gasteiger charge is -2.61. The number of thioether (sulfide) groups is 1.